The smallest absolute Gasteiger partial charge is 0.251 e. The maximum Gasteiger partial charge on any atom is 0.251 e. The van der Waals surface area contributed by atoms with Gasteiger partial charge in [0.25, 0.3) is 5.91 Å². The highest BCUT2D eigenvalue weighted by Crippen LogP contribution is 2.28. The van der Waals surface area contributed by atoms with Gasteiger partial charge in [0.05, 0.1) is 19.8 Å². The topological polar surface area (TPSA) is 97.0 Å². The molecule has 2 heterocycles. The average Bonchev–Trinajstić information content (AvgIpc) is 3.48. The Labute approximate surface area is 187 Å². The number of amides is 1. The largest absolute Gasteiger partial charge is 0.495 e. The number of carbonyl (C=O) groups excluding carboxylic acids is 1. The van der Waals surface area contributed by atoms with Crippen molar-refractivity contribution in [2.75, 3.05) is 47.0 Å². The fourth-order valence-electron chi connectivity index (χ4n) is 3.62. The Morgan fingerprint density at radius 2 is 2.00 bits per heavy atom. The molecule has 3 rings (SSSR count). The number of benzene rings is 1. The maximum absolute atomic E-state index is 12.9. The van der Waals surface area contributed by atoms with Gasteiger partial charge in [-0.15, -0.1) is 11.3 Å². The van der Waals surface area contributed by atoms with E-state index in [9.17, 15) is 13.2 Å². The summed E-state index contributed by atoms with van der Waals surface area (Å²) in [5, 5.41) is 5.02. The van der Waals surface area contributed by atoms with Crippen LogP contribution in [0.15, 0.2) is 40.6 Å². The third kappa shape index (κ3) is 6.05. The van der Waals surface area contributed by atoms with Gasteiger partial charge in [0.15, 0.2) is 0 Å². The normalized spacial score (nSPS) is 15.7. The molecule has 0 unspecified atom stereocenters. The van der Waals surface area contributed by atoms with Crippen molar-refractivity contribution in [1.29, 1.82) is 0 Å². The highest BCUT2D eigenvalue weighted by Gasteiger charge is 2.26. The summed E-state index contributed by atoms with van der Waals surface area (Å²) < 4.78 is 37.9. The molecular weight excluding hydrogens is 438 g/mol. The van der Waals surface area contributed by atoms with E-state index in [0.29, 0.717) is 6.54 Å². The first-order chi connectivity index (χ1) is 15.0. The van der Waals surface area contributed by atoms with Gasteiger partial charge in [-0.1, -0.05) is 6.07 Å². The minimum atomic E-state index is -3.85. The number of hydrogen-bond donors (Lipinski definition) is 2. The van der Waals surface area contributed by atoms with Crippen molar-refractivity contribution in [2.45, 2.75) is 23.8 Å². The Hall–Kier alpha value is -1.98. The van der Waals surface area contributed by atoms with Crippen LogP contribution >= 0.6 is 11.3 Å². The number of methoxy groups -OCH3 is 2. The zero-order valence-electron chi connectivity index (χ0n) is 17.8. The summed E-state index contributed by atoms with van der Waals surface area (Å²) in [6.45, 7) is 2.84. The van der Waals surface area contributed by atoms with Gasteiger partial charge in [0.1, 0.15) is 10.6 Å². The van der Waals surface area contributed by atoms with Crippen molar-refractivity contribution in [3.8, 4) is 5.75 Å². The number of likely N-dealkylation sites (tertiary alicyclic amines) is 1. The van der Waals surface area contributed by atoms with E-state index in [4.69, 9.17) is 9.47 Å². The number of rotatable bonds is 11. The van der Waals surface area contributed by atoms with Gasteiger partial charge in [0.2, 0.25) is 10.0 Å². The molecule has 1 amide bonds. The zero-order chi connectivity index (χ0) is 22.3. The summed E-state index contributed by atoms with van der Waals surface area (Å²) in [5.41, 5.74) is 0.263. The van der Waals surface area contributed by atoms with E-state index < -0.39 is 10.0 Å². The minimum absolute atomic E-state index is 0.0758. The zero-order valence-corrected chi connectivity index (χ0v) is 19.4. The van der Waals surface area contributed by atoms with Crippen molar-refractivity contribution in [3.63, 3.8) is 0 Å². The lowest BCUT2D eigenvalue weighted by Crippen LogP contribution is -2.36. The predicted molar refractivity (Wildman–Crippen MR) is 120 cm³/mol. The standard InChI is InChI=1S/C21H29N3O5S2/c1-28-12-9-23-31(26,27)20-14-16(7-8-18(20)29-2)21(25)22-15-17(19-6-5-13-30-19)24-10-3-4-11-24/h5-8,13-14,17,23H,3-4,9-12,15H2,1-2H3,(H,22,25)/t17-/m0/s1. The number of ether oxygens (including phenoxy) is 2. The van der Waals surface area contributed by atoms with Crippen LogP contribution in [0.2, 0.25) is 0 Å². The van der Waals surface area contributed by atoms with Crippen LogP contribution in [0.25, 0.3) is 0 Å². The van der Waals surface area contributed by atoms with Gasteiger partial charge < -0.3 is 14.8 Å². The van der Waals surface area contributed by atoms with Gasteiger partial charge in [-0.05, 0) is 55.6 Å². The minimum Gasteiger partial charge on any atom is -0.495 e. The fraction of sp³-hybridized carbons (Fsp3) is 0.476. The Balaban J connectivity index is 1.75. The summed E-state index contributed by atoms with van der Waals surface area (Å²) in [7, 11) is -0.967. The average molecular weight is 468 g/mol. The van der Waals surface area contributed by atoms with Crippen LogP contribution in [0.5, 0.6) is 5.75 Å². The monoisotopic (exact) mass is 467 g/mol. The van der Waals surface area contributed by atoms with Gasteiger partial charge in [0, 0.05) is 30.6 Å². The third-order valence-electron chi connectivity index (χ3n) is 5.22. The molecule has 1 saturated heterocycles. The van der Waals surface area contributed by atoms with E-state index in [2.05, 4.69) is 21.0 Å². The molecule has 2 N–H and O–H groups in total. The molecule has 0 bridgehead atoms. The number of nitrogens with zero attached hydrogens (tertiary/aromatic N) is 1. The molecule has 1 aliphatic heterocycles. The Kier molecular flexibility index (Phi) is 8.44. The third-order valence-corrected chi connectivity index (χ3v) is 7.68. The molecule has 0 aliphatic carbocycles. The van der Waals surface area contributed by atoms with Crippen LogP contribution in [0, 0.1) is 0 Å². The Bertz CT molecular complexity index is 957. The molecule has 1 aliphatic rings. The van der Waals surface area contributed by atoms with Crippen molar-refractivity contribution < 1.29 is 22.7 Å². The van der Waals surface area contributed by atoms with Crippen LogP contribution in [0.1, 0.15) is 34.1 Å². The highest BCUT2D eigenvalue weighted by molar-refractivity contribution is 7.89. The Morgan fingerprint density at radius 1 is 1.23 bits per heavy atom. The SMILES string of the molecule is COCCNS(=O)(=O)c1cc(C(=O)NC[C@@H](c2cccs2)N2CCCC2)ccc1OC. The lowest BCUT2D eigenvalue weighted by atomic mass is 10.1. The number of nitrogens with one attached hydrogen (secondary N) is 2. The molecule has 170 valence electrons. The second kappa shape index (κ2) is 11.1. The van der Waals surface area contributed by atoms with E-state index >= 15 is 0 Å². The van der Waals surface area contributed by atoms with E-state index in [1.165, 1.54) is 31.2 Å². The van der Waals surface area contributed by atoms with Crippen LogP contribution in [-0.2, 0) is 14.8 Å². The second-order valence-corrected chi connectivity index (χ2v) is 9.96. The van der Waals surface area contributed by atoms with Gasteiger partial charge >= 0.3 is 0 Å². The lowest BCUT2D eigenvalue weighted by Gasteiger charge is -2.27. The first-order valence-electron chi connectivity index (χ1n) is 10.2. The summed E-state index contributed by atoms with van der Waals surface area (Å²) in [5.74, 6) is -0.147. The lowest BCUT2D eigenvalue weighted by molar-refractivity contribution is 0.0938. The first-order valence-corrected chi connectivity index (χ1v) is 12.5. The molecule has 0 saturated carbocycles. The predicted octanol–water partition coefficient (Wildman–Crippen LogP) is 2.25. The fourth-order valence-corrected chi connectivity index (χ4v) is 5.69. The molecule has 1 fully saturated rings. The molecule has 31 heavy (non-hydrogen) atoms. The molecule has 2 aromatic rings. The summed E-state index contributed by atoms with van der Waals surface area (Å²) in [6, 6.07) is 8.63. The van der Waals surface area contributed by atoms with Gasteiger partial charge in [-0.2, -0.15) is 0 Å². The van der Waals surface area contributed by atoms with Crippen molar-refractivity contribution in [2.24, 2.45) is 0 Å². The summed E-state index contributed by atoms with van der Waals surface area (Å²) in [4.78, 5) is 16.4. The van der Waals surface area contributed by atoms with Gasteiger partial charge in [-0.25, -0.2) is 13.1 Å². The molecule has 1 aromatic heterocycles. The van der Waals surface area contributed by atoms with Crippen LogP contribution in [-0.4, -0.2) is 66.2 Å². The van der Waals surface area contributed by atoms with Gasteiger partial charge in [-0.3, -0.25) is 9.69 Å². The molecule has 8 nitrogen and oxygen atoms in total. The summed E-state index contributed by atoms with van der Waals surface area (Å²) in [6.07, 6.45) is 2.32. The quantitative estimate of drug-likeness (QED) is 0.492. The first kappa shape index (κ1) is 23.7. The van der Waals surface area contributed by atoms with Crippen molar-refractivity contribution in [1.82, 2.24) is 14.9 Å². The number of sulfonamides is 1. The van der Waals surface area contributed by atoms with Crippen molar-refractivity contribution in [3.05, 3.63) is 46.2 Å². The van der Waals surface area contributed by atoms with E-state index in [1.54, 1.807) is 17.4 Å². The second-order valence-electron chi connectivity index (χ2n) is 7.24. The van der Waals surface area contributed by atoms with E-state index in [0.717, 1.165) is 25.9 Å². The molecule has 0 radical (unpaired) electrons. The van der Waals surface area contributed by atoms with E-state index in [1.807, 2.05) is 11.4 Å². The maximum atomic E-state index is 12.9. The highest BCUT2D eigenvalue weighted by atomic mass is 32.2. The molecule has 0 spiro atoms. The van der Waals surface area contributed by atoms with Crippen molar-refractivity contribution >= 4 is 27.3 Å². The van der Waals surface area contributed by atoms with Crippen LogP contribution < -0.4 is 14.8 Å². The number of carbonyl (C=O) groups is 1. The molecule has 10 heteroatoms. The summed E-state index contributed by atoms with van der Waals surface area (Å²) >= 11 is 1.68. The van der Waals surface area contributed by atoms with Crippen LogP contribution in [0.3, 0.4) is 0 Å². The molecular formula is C21H29N3O5S2. The molecule has 1 atom stereocenters. The van der Waals surface area contributed by atoms with E-state index in [-0.39, 0.29) is 41.3 Å². The number of hydrogen-bond acceptors (Lipinski definition) is 7. The molecule has 1 aromatic carbocycles. The number of thiophene rings is 1. The van der Waals surface area contributed by atoms with Crippen LogP contribution in [0.4, 0.5) is 0 Å². The Morgan fingerprint density at radius 3 is 2.65 bits per heavy atom.